The Labute approximate surface area is 238 Å². The summed E-state index contributed by atoms with van der Waals surface area (Å²) in [7, 11) is -3.47. The summed E-state index contributed by atoms with van der Waals surface area (Å²) < 4.78 is 65.4. The van der Waals surface area contributed by atoms with Gasteiger partial charge in [-0.15, -0.1) is 0 Å². The highest BCUT2D eigenvalue weighted by Crippen LogP contribution is 2.37. The summed E-state index contributed by atoms with van der Waals surface area (Å²) in [5.41, 5.74) is -2.63. The fourth-order valence-electron chi connectivity index (χ4n) is 4.21. The first-order valence-electron chi connectivity index (χ1n) is 11.9. The lowest BCUT2D eigenvalue weighted by atomic mass is 10.0. The van der Waals surface area contributed by atoms with E-state index in [9.17, 15) is 31.2 Å². The molecule has 0 bridgehead atoms. The third-order valence-corrected chi connectivity index (χ3v) is 7.99. The summed E-state index contributed by atoms with van der Waals surface area (Å²) in [6, 6.07) is 5.65. The predicted molar refractivity (Wildman–Crippen MR) is 143 cm³/mol. The van der Waals surface area contributed by atoms with Gasteiger partial charge in [-0.05, 0) is 37.6 Å². The highest BCUT2D eigenvalue weighted by molar-refractivity contribution is 7.90. The smallest absolute Gasteiger partial charge is 0.306 e. The molecule has 1 aliphatic heterocycles. The van der Waals surface area contributed by atoms with Crippen molar-refractivity contribution in [1.82, 2.24) is 19.7 Å². The van der Waals surface area contributed by atoms with Crippen LogP contribution in [0.15, 0.2) is 59.9 Å². The number of benzene rings is 1. The second-order valence-corrected chi connectivity index (χ2v) is 12.0. The molecule has 0 atom stereocenters. The van der Waals surface area contributed by atoms with Gasteiger partial charge in [-0.1, -0.05) is 29.8 Å². The normalized spacial score (nSPS) is 15.7. The van der Waals surface area contributed by atoms with E-state index in [-0.39, 0.29) is 28.7 Å². The quantitative estimate of drug-likeness (QED) is 0.282. The number of anilines is 1. The van der Waals surface area contributed by atoms with Crippen LogP contribution in [0.25, 0.3) is 11.1 Å². The number of carbonyl (C=O) groups is 2. The third kappa shape index (κ3) is 5.82. The Kier molecular flexibility index (Phi) is 7.72. The Morgan fingerprint density at radius 1 is 1.10 bits per heavy atom. The molecular weight excluding hydrogens is 585 g/mol. The number of pyridine rings is 1. The van der Waals surface area contributed by atoms with Gasteiger partial charge in [-0.2, -0.15) is 23.5 Å². The number of hydrogen-bond donors (Lipinski definition) is 0. The lowest BCUT2D eigenvalue weighted by Crippen LogP contribution is -2.44. The highest BCUT2D eigenvalue weighted by atomic mass is 35.5. The van der Waals surface area contributed by atoms with Gasteiger partial charge < -0.3 is 4.90 Å². The number of aromatic nitrogens is 3. The molecule has 4 rings (SSSR count). The Hall–Kier alpha value is -4.22. The number of urea groups is 1. The molecule has 0 radical (unpaired) electrons. The van der Waals surface area contributed by atoms with Gasteiger partial charge in [0.15, 0.2) is 15.5 Å². The number of nitrogens with zero attached hydrogens (tertiary/aromatic N) is 6. The van der Waals surface area contributed by atoms with Crippen molar-refractivity contribution in [2.24, 2.45) is 0 Å². The lowest BCUT2D eigenvalue weighted by Gasteiger charge is -2.26. The van der Waals surface area contributed by atoms with Gasteiger partial charge in [-0.25, -0.2) is 23.1 Å². The van der Waals surface area contributed by atoms with Crippen LogP contribution < -0.4 is 4.90 Å². The second kappa shape index (κ2) is 10.6. The molecule has 0 spiro atoms. The van der Waals surface area contributed by atoms with E-state index in [1.807, 2.05) is 0 Å². The average Bonchev–Trinajstić information content (AvgIpc) is 3.41. The molecule has 1 fully saturated rings. The number of allylic oxidation sites excluding steroid dienone is 1. The summed E-state index contributed by atoms with van der Waals surface area (Å²) in [6.07, 6.45) is 3.64. The van der Waals surface area contributed by atoms with Crippen LogP contribution in [0.3, 0.4) is 0 Å². The monoisotopic (exact) mass is 606 g/mol. The first-order chi connectivity index (χ1) is 19.1. The first-order valence-corrected chi connectivity index (χ1v) is 14.1. The summed E-state index contributed by atoms with van der Waals surface area (Å²) in [4.78, 5) is 31.6. The number of nitriles is 1. The van der Waals surface area contributed by atoms with Gasteiger partial charge in [0.25, 0.3) is 5.91 Å². The summed E-state index contributed by atoms with van der Waals surface area (Å²) in [6.45, 7) is 3.20. The van der Waals surface area contributed by atoms with Crippen molar-refractivity contribution < 1.29 is 31.2 Å². The van der Waals surface area contributed by atoms with Crippen LogP contribution in [0.2, 0.25) is 5.02 Å². The molecule has 1 saturated heterocycles. The van der Waals surface area contributed by atoms with Crippen LogP contribution >= 0.6 is 11.6 Å². The average molecular weight is 607 g/mol. The van der Waals surface area contributed by atoms with Gasteiger partial charge in [0, 0.05) is 24.6 Å². The van der Waals surface area contributed by atoms with Gasteiger partial charge >= 0.3 is 12.2 Å². The predicted octanol–water partition coefficient (Wildman–Crippen LogP) is 4.70. The molecule has 3 heterocycles. The fourth-order valence-corrected chi connectivity index (χ4v) is 5.54. The minimum atomic E-state index is -4.91. The topological polar surface area (TPSA) is 129 Å². The number of sulfone groups is 1. The van der Waals surface area contributed by atoms with Crippen LogP contribution in [-0.2, 0) is 27.4 Å². The van der Waals surface area contributed by atoms with Crippen molar-refractivity contribution in [3.63, 3.8) is 0 Å². The number of imide groups is 1. The van der Waals surface area contributed by atoms with E-state index in [4.69, 9.17) is 16.9 Å². The van der Waals surface area contributed by atoms with Crippen LogP contribution in [0, 0.1) is 11.3 Å². The molecule has 15 heteroatoms. The fraction of sp³-hybridized carbons (Fsp3) is 0.269. The minimum absolute atomic E-state index is 0.0194. The molecule has 0 saturated carbocycles. The Bertz CT molecular complexity index is 1730. The van der Waals surface area contributed by atoms with Crippen LogP contribution in [-0.4, -0.2) is 58.4 Å². The number of amides is 3. The van der Waals surface area contributed by atoms with E-state index in [2.05, 4.69) is 10.1 Å². The Balaban J connectivity index is 1.47. The largest absolute Gasteiger partial charge is 0.419 e. The van der Waals surface area contributed by atoms with Gasteiger partial charge in [-0.3, -0.25) is 9.48 Å². The maximum atomic E-state index is 13.4. The number of rotatable bonds is 7. The molecule has 10 nitrogen and oxygen atoms in total. The van der Waals surface area contributed by atoms with Gasteiger partial charge in [0.1, 0.15) is 11.6 Å². The molecule has 214 valence electrons. The third-order valence-electron chi connectivity index (χ3n) is 6.41. The van der Waals surface area contributed by atoms with Crippen molar-refractivity contribution in [3.05, 3.63) is 71.3 Å². The van der Waals surface area contributed by atoms with Gasteiger partial charge in [0.2, 0.25) is 0 Å². The zero-order chi connectivity index (χ0) is 30.3. The van der Waals surface area contributed by atoms with Crippen molar-refractivity contribution in [2.45, 2.75) is 37.0 Å². The SMILES string of the molecule is CC1(C)C(=O)N(c2cnc(C#N)c(C(F)(F)F)c2)C(=O)N1C/C=C\Cn1cc(-c2ccc(S(C)(=O)=O)c(Cl)c2)cn1. The summed E-state index contributed by atoms with van der Waals surface area (Å²) >= 11 is 6.13. The standard InChI is InChI=1S/C26H22ClF3N6O4S/c1-25(2)23(37)36(18-11-19(26(28,29)30)21(12-31)32-14-18)24(38)35(25)9-5-4-8-34-15-17(13-33-34)16-6-7-22(20(27)10-16)41(3,39)40/h4-7,10-11,13-15H,8-9H2,1-3H3/b5-4-. The van der Waals surface area contributed by atoms with Crippen molar-refractivity contribution >= 4 is 39.1 Å². The van der Waals surface area contributed by atoms with Gasteiger partial charge in [0.05, 0.1) is 40.1 Å². The molecule has 0 aliphatic carbocycles. The summed E-state index contributed by atoms with van der Waals surface area (Å²) in [5, 5.41) is 13.3. The van der Waals surface area contributed by atoms with E-state index < -0.39 is 44.7 Å². The molecule has 0 unspecified atom stereocenters. The number of carbonyl (C=O) groups excluding carboxylic acids is 2. The number of halogens is 4. The van der Waals surface area contributed by atoms with E-state index in [0.717, 1.165) is 12.5 Å². The van der Waals surface area contributed by atoms with E-state index >= 15 is 0 Å². The maximum Gasteiger partial charge on any atom is 0.419 e. The first kappa shape index (κ1) is 29.8. The number of alkyl halides is 3. The van der Waals surface area contributed by atoms with Crippen molar-refractivity contribution in [1.29, 1.82) is 5.26 Å². The molecule has 0 N–H and O–H groups in total. The van der Waals surface area contributed by atoms with E-state index in [1.54, 1.807) is 35.3 Å². The van der Waals surface area contributed by atoms with Crippen LogP contribution in [0.1, 0.15) is 25.1 Å². The maximum absolute atomic E-state index is 13.4. The molecule has 3 aromatic rings. The zero-order valence-corrected chi connectivity index (χ0v) is 23.4. The van der Waals surface area contributed by atoms with Crippen LogP contribution in [0.4, 0.5) is 23.7 Å². The molecule has 1 aromatic carbocycles. The summed E-state index contributed by atoms with van der Waals surface area (Å²) in [5.74, 6) is -0.743. The van der Waals surface area contributed by atoms with E-state index in [0.29, 0.717) is 22.1 Å². The Morgan fingerprint density at radius 3 is 2.39 bits per heavy atom. The molecule has 1 aliphatic rings. The molecule has 41 heavy (non-hydrogen) atoms. The second-order valence-electron chi connectivity index (χ2n) is 9.63. The van der Waals surface area contributed by atoms with Crippen LogP contribution in [0.5, 0.6) is 0 Å². The van der Waals surface area contributed by atoms with E-state index in [1.165, 1.54) is 36.9 Å². The van der Waals surface area contributed by atoms with Crippen molar-refractivity contribution in [2.75, 3.05) is 17.7 Å². The molecular formula is C26H22ClF3N6O4S. The minimum Gasteiger partial charge on any atom is -0.306 e. The Morgan fingerprint density at radius 2 is 1.78 bits per heavy atom. The number of hydrogen-bond acceptors (Lipinski definition) is 7. The van der Waals surface area contributed by atoms with Crippen molar-refractivity contribution in [3.8, 4) is 17.2 Å². The molecule has 3 amide bonds. The lowest BCUT2D eigenvalue weighted by molar-refractivity contribution is -0.138. The zero-order valence-electron chi connectivity index (χ0n) is 21.8. The molecule has 2 aromatic heterocycles. The highest BCUT2D eigenvalue weighted by Gasteiger charge is 2.52.